The van der Waals surface area contributed by atoms with Crippen molar-refractivity contribution in [2.45, 2.75) is 66.2 Å². The van der Waals surface area contributed by atoms with Crippen LogP contribution in [0.4, 0.5) is 0 Å². The Morgan fingerprint density at radius 3 is 1.70 bits per heavy atom. The van der Waals surface area contributed by atoms with Gasteiger partial charge in [-0.2, -0.15) is 0 Å². The molecule has 1 aliphatic carbocycles. The van der Waals surface area contributed by atoms with Crippen LogP contribution in [0.2, 0.25) is 0 Å². The fourth-order valence-electron chi connectivity index (χ4n) is 4.36. The van der Waals surface area contributed by atoms with Gasteiger partial charge < -0.3 is 0 Å². The van der Waals surface area contributed by atoms with Crippen molar-refractivity contribution in [1.29, 1.82) is 0 Å². The van der Waals surface area contributed by atoms with E-state index in [1.54, 1.807) is 0 Å². The molecule has 0 unspecified atom stereocenters. The molecule has 0 amide bonds. The lowest BCUT2D eigenvalue weighted by atomic mass is 9.59. The Labute approximate surface area is 141 Å². The van der Waals surface area contributed by atoms with Crippen LogP contribution in [0.15, 0.2) is 36.4 Å². The van der Waals surface area contributed by atoms with E-state index >= 15 is 0 Å². The minimum atomic E-state index is 0.164. The van der Waals surface area contributed by atoms with Crippen LogP contribution in [-0.2, 0) is 10.8 Å². The third kappa shape index (κ3) is 1.97. The predicted octanol–water partition coefficient (Wildman–Crippen LogP) is 6.57. The average Bonchev–Trinajstić information content (AvgIpc) is 2.56. The van der Waals surface area contributed by atoms with Crippen molar-refractivity contribution in [2.75, 3.05) is 0 Å². The maximum atomic E-state index is 2.48. The van der Waals surface area contributed by atoms with Crippen molar-refractivity contribution in [3.63, 3.8) is 0 Å². The highest BCUT2D eigenvalue weighted by molar-refractivity contribution is 5.73. The molecule has 3 rings (SSSR count). The summed E-state index contributed by atoms with van der Waals surface area (Å²) in [6, 6.07) is 13.7. The van der Waals surface area contributed by atoms with Crippen molar-refractivity contribution < 1.29 is 0 Å². The van der Waals surface area contributed by atoms with Crippen LogP contribution in [0.5, 0.6) is 0 Å². The maximum absolute atomic E-state index is 2.48. The summed E-state index contributed by atoms with van der Waals surface area (Å²) in [5.41, 5.74) is 9.12. The Balaban J connectivity index is 2.32. The van der Waals surface area contributed by atoms with E-state index in [9.17, 15) is 0 Å². The Morgan fingerprint density at radius 2 is 1.13 bits per heavy atom. The first kappa shape index (κ1) is 16.3. The lowest BCUT2D eigenvalue weighted by Crippen LogP contribution is -2.42. The van der Waals surface area contributed by atoms with Gasteiger partial charge in [-0.15, -0.1) is 0 Å². The molecule has 0 bridgehead atoms. The zero-order valence-corrected chi connectivity index (χ0v) is 16.0. The van der Waals surface area contributed by atoms with Gasteiger partial charge in [-0.25, -0.2) is 0 Å². The molecule has 0 nitrogen and oxygen atoms in total. The zero-order valence-electron chi connectivity index (χ0n) is 16.0. The molecule has 0 aliphatic heterocycles. The summed E-state index contributed by atoms with van der Waals surface area (Å²) >= 11 is 0. The highest BCUT2D eigenvalue weighted by Crippen LogP contribution is 2.62. The van der Waals surface area contributed by atoms with Gasteiger partial charge in [0.2, 0.25) is 0 Å². The van der Waals surface area contributed by atoms with Crippen LogP contribution in [0.3, 0.4) is 0 Å². The summed E-state index contributed by atoms with van der Waals surface area (Å²) < 4.78 is 0. The van der Waals surface area contributed by atoms with Gasteiger partial charge in [-0.3, -0.25) is 0 Å². The van der Waals surface area contributed by atoms with E-state index in [4.69, 9.17) is 0 Å². The van der Waals surface area contributed by atoms with Gasteiger partial charge in [0.25, 0.3) is 0 Å². The molecule has 0 N–H and O–H groups in total. The van der Waals surface area contributed by atoms with Crippen molar-refractivity contribution in [3.05, 3.63) is 58.7 Å². The highest BCUT2D eigenvalue weighted by atomic mass is 14.6. The molecule has 0 spiro atoms. The normalized spacial score (nSPS) is 20.3. The van der Waals surface area contributed by atoms with Gasteiger partial charge >= 0.3 is 0 Å². The van der Waals surface area contributed by atoms with Gasteiger partial charge in [0, 0.05) is 0 Å². The van der Waals surface area contributed by atoms with E-state index in [-0.39, 0.29) is 16.2 Å². The first-order chi connectivity index (χ1) is 10.5. The van der Waals surface area contributed by atoms with Crippen molar-refractivity contribution in [2.24, 2.45) is 5.41 Å². The molecule has 122 valence electrons. The second kappa shape index (κ2) is 4.72. The Morgan fingerprint density at radius 1 is 0.609 bits per heavy atom. The molecule has 0 atom stereocenters. The molecule has 23 heavy (non-hydrogen) atoms. The standard InChI is InChI=1S/C23H30/c1-15-11-9-10-12-17(15)18-14-20-19(13-16(18)2)21(3,4)23(7,8)22(20,5)6/h9-14H,1-8H3. The van der Waals surface area contributed by atoms with Crippen LogP contribution in [0.25, 0.3) is 11.1 Å². The fraction of sp³-hybridized carbons (Fsp3) is 0.478. The summed E-state index contributed by atoms with van der Waals surface area (Å²) in [5, 5.41) is 0. The highest BCUT2D eigenvalue weighted by Gasteiger charge is 2.56. The van der Waals surface area contributed by atoms with Crippen LogP contribution >= 0.6 is 0 Å². The van der Waals surface area contributed by atoms with Crippen LogP contribution in [-0.4, -0.2) is 0 Å². The molecule has 0 saturated carbocycles. The molecule has 0 heterocycles. The monoisotopic (exact) mass is 306 g/mol. The number of benzene rings is 2. The first-order valence-electron chi connectivity index (χ1n) is 8.73. The lowest BCUT2D eigenvalue weighted by Gasteiger charge is -2.44. The van der Waals surface area contributed by atoms with Gasteiger partial charge in [0.05, 0.1) is 0 Å². The molecule has 0 fully saturated rings. The quantitative estimate of drug-likeness (QED) is 0.559. The van der Waals surface area contributed by atoms with E-state index in [0.29, 0.717) is 0 Å². The van der Waals surface area contributed by atoms with E-state index < -0.39 is 0 Å². The number of aryl methyl sites for hydroxylation is 2. The number of fused-ring (bicyclic) bond motifs is 1. The van der Waals surface area contributed by atoms with Gasteiger partial charge in [-0.05, 0) is 63.5 Å². The molecular formula is C23H30. The van der Waals surface area contributed by atoms with Crippen LogP contribution in [0, 0.1) is 19.3 Å². The topological polar surface area (TPSA) is 0 Å². The van der Waals surface area contributed by atoms with E-state index in [1.807, 2.05) is 0 Å². The Bertz CT molecular complexity index is 773. The summed E-state index contributed by atoms with van der Waals surface area (Å²) in [6.07, 6.45) is 0. The molecule has 0 heteroatoms. The van der Waals surface area contributed by atoms with Gasteiger partial charge in [-0.1, -0.05) is 77.9 Å². The molecular weight excluding hydrogens is 276 g/mol. The summed E-state index contributed by atoms with van der Waals surface area (Å²) in [7, 11) is 0. The molecule has 2 aromatic rings. The molecule has 0 aromatic heterocycles. The van der Waals surface area contributed by atoms with E-state index in [1.165, 1.54) is 33.4 Å². The van der Waals surface area contributed by atoms with E-state index in [2.05, 4.69) is 91.8 Å². The smallest absolute Gasteiger partial charge is 0.00410 e. The number of hydrogen-bond donors (Lipinski definition) is 0. The summed E-state index contributed by atoms with van der Waals surface area (Å²) in [4.78, 5) is 0. The maximum Gasteiger partial charge on any atom is -0.00410 e. The SMILES string of the molecule is Cc1ccccc1-c1cc2c(cc1C)C(C)(C)C(C)(C)C2(C)C. The van der Waals surface area contributed by atoms with Gasteiger partial charge in [0.1, 0.15) is 0 Å². The average molecular weight is 306 g/mol. The Hall–Kier alpha value is -1.56. The van der Waals surface area contributed by atoms with Gasteiger partial charge in [0.15, 0.2) is 0 Å². The molecule has 0 radical (unpaired) electrons. The molecule has 2 aromatic carbocycles. The van der Waals surface area contributed by atoms with Crippen LogP contribution in [0.1, 0.15) is 63.8 Å². The minimum absolute atomic E-state index is 0.164. The molecule has 0 saturated heterocycles. The second-order valence-corrected chi connectivity index (χ2v) is 8.90. The zero-order chi connectivity index (χ0) is 17.2. The van der Waals surface area contributed by atoms with Crippen LogP contribution < -0.4 is 0 Å². The number of hydrogen-bond acceptors (Lipinski definition) is 0. The lowest BCUT2D eigenvalue weighted by molar-refractivity contribution is 0.125. The Kier molecular flexibility index (Phi) is 3.35. The summed E-state index contributed by atoms with van der Waals surface area (Å²) in [5.74, 6) is 0. The second-order valence-electron chi connectivity index (χ2n) is 8.90. The third-order valence-corrected chi connectivity index (χ3v) is 7.27. The third-order valence-electron chi connectivity index (χ3n) is 7.27. The minimum Gasteiger partial charge on any atom is -0.0620 e. The van der Waals surface area contributed by atoms with Crippen molar-refractivity contribution in [1.82, 2.24) is 0 Å². The van der Waals surface area contributed by atoms with E-state index in [0.717, 1.165) is 0 Å². The van der Waals surface area contributed by atoms with Crippen molar-refractivity contribution >= 4 is 0 Å². The van der Waals surface area contributed by atoms with Crippen molar-refractivity contribution in [3.8, 4) is 11.1 Å². The first-order valence-corrected chi connectivity index (χ1v) is 8.73. The summed E-state index contributed by atoms with van der Waals surface area (Å²) in [6.45, 7) is 19.0. The fourth-order valence-corrected chi connectivity index (χ4v) is 4.36. The molecule has 1 aliphatic rings. The largest absolute Gasteiger partial charge is 0.0620 e. The predicted molar refractivity (Wildman–Crippen MR) is 101 cm³/mol. The number of rotatable bonds is 1.